The highest BCUT2D eigenvalue weighted by Gasteiger charge is 2.28. The van der Waals surface area contributed by atoms with Crippen molar-refractivity contribution >= 4 is 0 Å². The number of hydrogen-bond donors (Lipinski definition) is 1. The SMILES string of the molecule is COCCc1nc(CNC(c2ccc(F)cc2)C2CCC2)no1. The van der Waals surface area contributed by atoms with Gasteiger partial charge in [-0.3, -0.25) is 0 Å². The van der Waals surface area contributed by atoms with Gasteiger partial charge in [-0.25, -0.2) is 4.39 Å². The first kappa shape index (κ1) is 16.1. The van der Waals surface area contributed by atoms with Crippen LogP contribution in [0, 0.1) is 11.7 Å². The summed E-state index contributed by atoms with van der Waals surface area (Å²) in [6.07, 6.45) is 4.27. The molecule has 2 aromatic rings. The summed E-state index contributed by atoms with van der Waals surface area (Å²) < 4.78 is 23.3. The van der Waals surface area contributed by atoms with Gasteiger partial charge in [-0.15, -0.1) is 0 Å². The van der Waals surface area contributed by atoms with Crippen molar-refractivity contribution in [2.24, 2.45) is 5.92 Å². The summed E-state index contributed by atoms with van der Waals surface area (Å²) >= 11 is 0. The Morgan fingerprint density at radius 2 is 2.13 bits per heavy atom. The summed E-state index contributed by atoms with van der Waals surface area (Å²) in [7, 11) is 1.64. The van der Waals surface area contributed by atoms with Crippen molar-refractivity contribution in [3.8, 4) is 0 Å². The maximum absolute atomic E-state index is 13.1. The second kappa shape index (κ2) is 7.66. The van der Waals surface area contributed by atoms with Crippen LogP contribution < -0.4 is 5.32 Å². The molecule has 5 nitrogen and oxygen atoms in total. The van der Waals surface area contributed by atoms with Crippen LogP contribution in [0.15, 0.2) is 28.8 Å². The number of methoxy groups -OCH3 is 1. The van der Waals surface area contributed by atoms with Crippen LogP contribution in [0.3, 0.4) is 0 Å². The lowest BCUT2D eigenvalue weighted by molar-refractivity contribution is 0.192. The van der Waals surface area contributed by atoms with E-state index in [1.54, 1.807) is 7.11 Å². The van der Waals surface area contributed by atoms with Crippen molar-refractivity contribution in [1.82, 2.24) is 15.5 Å². The van der Waals surface area contributed by atoms with Crippen LogP contribution in [0.25, 0.3) is 0 Å². The molecule has 1 atom stereocenters. The standard InChI is InChI=1S/C17H22FN3O2/c1-22-10-9-16-20-15(21-23-16)11-19-17(12-3-2-4-12)13-5-7-14(18)8-6-13/h5-8,12,17,19H,2-4,9-11H2,1H3. The molecule has 0 aliphatic heterocycles. The first-order valence-electron chi connectivity index (χ1n) is 8.05. The van der Waals surface area contributed by atoms with E-state index in [-0.39, 0.29) is 11.9 Å². The van der Waals surface area contributed by atoms with Crippen molar-refractivity contribution in [3.05, 3.63) is 47.4 Å². The highest BCUT2D eigenvalue weighted by molar-refractivity contribution is 5.21. The van der Waals surface area contributed by atoms with E-state index in [2.05, 4.69) is 15.5 Å². The Labute approximate surface area is 135 Å². The molecule has 1 fully saturated rings. The molecule has 1 N–H and O–H groups in total. The minimum Gasteiger partial charge on any atom is -0.384 e. The zero-order valence-electron chi connectivity index (χ0n) is 13.3. The van der Waals surface area contributed by atoms with Crippen molar-refractivity contribution < 1.29 is 13.7 Å². The topological polar surface area (TPSA) is 60.2 Å². The maximum atomic E-state index is 13.1. The van der Waals surface area contributed by atoms with Crippen LogP contribution in [-0.4, -0.2) is 23.9 Å². The highest BCUT2D eigenvalue weighted by Crippen LogP contribution is 2.37. The molecule has 0 bridgehead atoms. The van der Waals surface area contributed by atoms with E-state index < -0.39 is 0 Å². The Balaban J connectivity index is 1.62. The molecule has 1 aromatic heterocycles. The summed E-state index contributed by atoms with van der Waals surface area (Å²) in [4.78, 5) is 4.35. The quantitative estimate of drug-likeness (QED) is 0.810. The summed E-state index contributed by atoms with van der Waals surface area (Å²) in [5, 5.41) is 7.49. The minimum atomic E-state index is -0.206. The third-order valence-electron chi connectivity index (χ3n) is 4.36. The normalized spacial score (nSPS) is 16.3. The van der Waals surface area contributed by atoms with Crippen molar-refractivity contribution in [2.45, 2.75) is 38.3 Å². The molecule has 1 aliphatic carbocycles. The van der Waals surface area contributed by atoms with Gasteiger partial charge in [0.05, 0.1) is 19.6 Å². The van der Waals surface area contributed by atoms with Crippen LogP contribution in [0.5, 0.6) is 0 Å². The number of rotatable bonds is 8. The van der Waals surface area contributed by atoms with Crippen LogP contribution >= 0.6 is 0 Å². The molecule has 124 valence electrons. The van der Waals surface area contributed by atoms with E-state index in [4.69, 9.17) is 9.26 Å². The Morgan fingerprint density at radius 3 is 2.78 bits per heavy atom. The number of hydrogen-bond acceptors (Lipinski definition) is 5. The third kappa shape index (κ3) is 4.14. The van der Waals surface area contributed by atoms with Gasteiger partial charge in [0, 0.05) is 13.2 Å². The Hall–Kier alpha value is -1.79. The molecule has 0 amide bonds. The fourth-order valence-electron chi connectivity index (χ4n) is 2.85. The molecule has 6 heteroatoms. The maximum Gasteiger partial charge on any atom is 0.229 e. The zero-order valence-corrected chi connectivity index (χ0v) is 13.3. The Kier molecular flexibility index (Phi) is 5.35. The average Bonchev–Trinajstić information content (AvgIpc) is 2.96. The van der Waals surface area contributed by atoms with Crippen LogP contribution in [0.4, 0.5) is 4.39 Å². The highest BCUT2D eigenvalue weighted by atomic mass is 19.1. The molecule has 1 aromatic carbocycles. The van der Waals surface area contributed by atoms with Crippen molar-refractivity contribution in [1.29, 1.82) is 0 Å². The van der Waals surface area contributed by atoms with Gasteiger partial charge in [0.15, 0.2) is 5.82 Å². The number of halogens is 1. The number of aromatic nitrogens is 2. The second-order valence-electron chi connectivity index (χ2n) is 5.95. The van der Waals surface area contributed by atoms with E-state index in [0.717, 1.165) is 5.56 Å². The van der Waals surface area contributed by atoms with Gasteiger partial charge in [0.1, 0.15) is 5.82 Å². The lowest BCUT2D eigenvalue weighted by Gasteiger charge is -2.34. The average molecular weight is 319 g/mol. The van der Waals surface area contributed by atoms with Crippen molar-refractivity contribution in [2.75, 3.05) is 13.7 Å². The molecule has 1 heterocycles. The zero-order chi connectivity index (χ0) is 16.1. The van der Waals surface area contributed by atoms with Crippen LogP contribution in [0.2, 0.25) is 0 Å². The van der Waals surface area contributed by atoms with E-state index in [9.17, 15) is 4.39 Å². The van der Waals surface area contributed by atoms with Gasteiger partial charge >= 0.3 is 0 Å². The summed E-state index contributed by atoms with van der Waals surface area (Å²) in [5.41, 5.74) is 1.11. The van der Waals surface area contributed by atoms with Gasteiger partial charge in [-0.1, -0.05) is 23.7 Å². The van der Waals surface area contributed by atoms with Crippen molar-refractivity contribution in [3.63, 3.8) is 0 Å². The predicted molar refractivity (Wildman–Crippen MR) is 83.2 cm³/mol. The number of ether oxygens (including phenoxy) is 1. The van der Waals surface area contributed by atoms with E-state index in [1.807, 2.05) is 12.1 Å². The summed E-state index contributed by atoms with van der Waals surface area (Å²) in [6, 6.07) is 6.93. The van der Waals surface area contributed by atoms with E-state index in [0.29, 0.717) is 37.2 Å². The number of nitrogens with zero attached hydrogens (tertiary/aromatic N) is 2. The second-order valence-corrected chi connectivity index (χ2v) is 5.95. The predicted octanol–water partition coefficient (Wildman–Crippen LogP) is 3.03. The smallest absolute Gasteiger partial charge is 0.229 e. The monoisotopic (exact) mass is 319 g/mol. The largest absolute Gasteiger partial charge is 0.384 e. The molecule has 1 saturated carbocycles. The van der Waals surface area contributed by atoms with Gasteiger partial charge in [-0.2, -0.15) is 4.98 Å². The van der Waals surface area contributed by atoms with Crippen LogP contribution in [-0.2, 0) is 17.7 Å². The van der Waals surface area contributed by atoms with Gasteiger partial charge < -0.3 is 14.6 Å². The lowest BCUT2D eigenvalue weighted by atomic mass is 9.77. The number of benzene rings is 1. The molecular weight excluding hydrogens is 297 g/mol. The van der Waals surface area contributed by atoms with E-state index >= 15 is 0 Å². The van der Waals surface area contributed by atoms with Gasteiger partial charge in [0.2, 0.25) is 5.89 Å². The van der Waals surface area contributed by atoms with E-state index in [1.165, 1.54) is 31.4 Å². The first-order valence-corrected chi connectivity index (χ1v) is 8.05. The summed E-state index contributed by atoms with van der Waals surface area (Å²) in [5.74, 6) is 1.61. The lowest BCUT2D eigenvalue weighted by Crippen LogP contribution is -2.32. The summed E-state index contributed by atoms with van der Waals surface area (Å²) in [6.45, 7) is 1.10. The third-order valence-corrected chi connectivity index (χ3v) is 4.36. The fourth-order valence-corrected chi connectivity index (χ4v) is 2.85. The molecule has 1 unspecified atom stereocenters. The fraction of sp³-hybridized carbons (Fsp3) is 0.529. The molecule has 0 saturated heterocycles. The first-order chi connectivity index (χ1) is 11.3. The minimum absolute atomic E-state index is 0.199. The number of nitrogens with one attached hydrogen (secondary N) is 1. The molecule has 1 aliphatic rings. The molecule has 23 heavy (non-hydrogen) atoms. The molecule has 0 radical (unpaired) electrons. The molecule has 3 rings (SSSR count). The Bertz CT molecular complexity index is 611. The van der Waals surface area contributed by atoms with Crippen LogP contribution in [0.1, 0.15) is 42.6 Å². The van der Waals surface area contributed by atoms with Gasteiger partial charge in [-0.05, 0) is 36.5 Å². The van der Waals surface area contributed by atoms with Gasteiger partial charge in [0.25, 0.3) is 0 Å². The molecule has 0 spiro atoms. The Morgan fingerprint density at radius 1 is 1.35 bits per heavy atom. The molecular formula is C17H22FN3O2.